The van der Waals surface area contributed by atoms with Crippen LogP contribution in [-0.4, -0.2) is 50.4 Å². The molecule has 6 heteroatoms. The molecule has 0 aromatic carbocycles. The highest BCUT2D eigenvalue weighted by molar-refractivity contribution is 8.49. The summed E-state index contributed by atoms with van der Waals surface area (Å²) in [6.07, 6.45) is 4.42. The zero-order valence-electron chi connectivity index (χ0n) is 14.0. The Hall–Kier alpha value is 0.664. The average molecular weight is 324 g/mol. The Labute approximate surface area is 125 Å². The van der Waals surface area contributed by atoms with Gasteiger partial charge in [0.2, 0.25) is 0 Å². The van der Waals surface area contributed by atoms with Crippen LogP contribution in [0.5, 0.6) is 0 Å². The second-order valence-corrected chi connectivity index (χ2v) is 16.1. The summed E-state index contributed by atoms with van der Waals surface area (Å²) in [4.78, 5) is 0. The van der Waals surface area contributed by atoms with Crippen molar-refractivity contribution in [3.63, 3.8) is 0 Å². The summed E-state index contributed by atoms with van der Waals surface area (Å²) in [6.45, 7) is 10.9. The van der Waals surface area contributed by atoms with Crippen molar-refractivity contribution in [2.24, 2.45) is 11.3 Å². The number of rotatable bonds is 7. The van der Waals surface area contributed by atoms with E-state index in [0.29, 0.717) is 5.92 Å². The van der Waals surface area contributed by atoms with Gasteiger partial charge in [-0.05, 0) is 23.8 Å². The second-order valence-electron chi connectivity index (χ2n) is 6.91. The topological polar surface area (TPSA) is 27.7 Å². The standard InChI is InChI=1S/C13H31O3SSi2/c1-11(2)10-19(14-6,15-7)16-12(13(3,4)5)17(8,9)18/h11-12H,10H2,1-9H3. The lowest BCUT2D eigenvalue weighted by atomic mass is 9.98. The zero-order valence-corrected chi connectivity index (χ0v) is 16.8. The van der Waals surface area contributed by atoms with Gasteiger partial charge in [-0.25, -0.2) is 9.48 Å². The van der Waals surface area contributed by atoms with E-state index in [0.717, 1.165) is 6.04 Å². The molecule has 0 fully saturated rings. The van der Waals surface area contributed by atoms with E-state index in [2.05, 4.69) is 56.5 Å². The summed E-state index contributed by atoms with van der Waals surface area (Å²) in [7, 11) is 3.64. The van der Waals surface area contributed by atoms with Crippen LogP contribution in [0.3, 0.4) is 0 Å². The van der Waals surface area contributed by atoms with Crippen molar-refractivity contribution in [1.29, 1.82) is 0 Å². The van der Waals surface area contributed by atoms with Gasteiger partial charge in [-0.1, -0.05) is 34.6 Å². The molecular weight excluding hydrogens is 292 g/mol. The summed E-state index contributed by atoms with van der Waals surface area (Å²) < 4.78 is 17.9. The second kappa shape index (κ2) is 7.09. The molecule has 0 saturated heterocycles. The maximum absolute atomic E-state index is 6.46. The molecule has 0 aliphatic rings. The van der Waals surface area contributed by atoms with Gasteiger partial charge in [0, 0.05) is 20.3 Å². The van der Waals surface area contributed by atoms with Crippen LogP contribution in [0.25, 0.3) is 0 Å². The fraction of sp³-hybridized carbons (Fsp3) is 1.00. The van der Waals surface area contributed by atoms with Gasteiger partial charge in [-0.2, -0.15) is 0 Å². The van der Waals surface area contributed by atoms with Crippen molar-refractivity contribution in [2.75, 3.05) is 26.7 Å². The van der Waals surface area contributed by atoms with E-state index in [9.17, 15) is 0 Å². The molecule has 1 unspecified atom stereocenters. The molecular formula is C13H31O3SSi2. The molecule has 0 aliphatic heterocycles. The van der Waals surface area contributed by atoms with E-state index in [1.54, 1.807) is 14.2 Å². The van der Waals surface area contributed by atoms with Crippen LogP contribution >= 0.6 is 9.48 Å². The van der Waals surface area contributed by atoms with Gasteiger partial charge in [0.25, 0.3) is 0 Å². The minimum Gasteiger partial charge on any atom is -0.377 e. The maximum Gasteiger partial charge on any atom is 0.501 e. The van der Waals surface area contributed by atoms with E-state index < -0.39 is 18.3 Å². The monoisotopic (exact) mass is 323 g/mol. The molecule has 19 heavy (non-hydrogen) atoms. The number of hydrogen-bond acceptors (Lipinski definition) is 3. The fourth-order valence-corrected chi connectivity index (χ4v) is 9.37. The van der Waals surface area contributed by atoms with Crippen molar-refractivity contribution >= 4 is 27.7 Å². The molecule has 0 bridgehead atoms. The SMILES string of the molecule is CO[Si](CC(C)C)(OC)OC(C(C)(C)C)S(C)(C)[Si]. The van der Waals surface area contributed by atoms with E-state index in [1.165, 1.54) is 0 Å². The molecule has 0 aromatic heterocycles. The molecule has 115 valence electrons. The van der Waals surface area contributed by atoms with E-state index in [1.807, 2.05) is 0 Å². The van der Waals surface area contributed by atoms with Crippen molar-refractivity contribution in [2.45, 2.75) is 46.1 Å². The lowest BCUT2D eigenvalue weighted by Gasteiger charge is -2.47. The third-order valence-electron chi connectivity index (χ3n) is 2.81. The highest BCUT2D eigenvalue weighted by Crippen LogP contribution is 2.50. The Kier molecular flexibility index (Phi) is 7.34. The van der Waals surface area contributed by atoms with Crippen molar-refractivity contribution in [1.82, 2.24) is 0 Å². The Morgan fingerprint density at radius 1 is 1.11 bits per heavy atom. The third kappa shape index (κ3) is 6.31. The molecule has 0 N–H and O–H groups in total. The Balaban J connectivity index is 5.27. The van der Waals surface area contributed by atoms with Crippen LogP contribution < -0.4 is 0 Å². The predicted molar refractivity (Wildman–Crippen MR) is 88.9 cm³/mol. The van der Waals surface area contributed by atoms with Crippen LogP contribution in [0.1, 0.15) is 34.6 Å². The van der Waals surface area contributed by atoms with Crippen LogP contribution in [-0.2, 0) is 13.3 Å². The largest absolute Gasteiger partial charge is 0.501 e. The first-order valence-electron chi connectivity index (χ1n) is 6.63. The first kappa shape index (κ1) is 19.7. The first-order chi connectivity index (χ1) is 8.38. The van der Waals surface area contributed by atoms with Crippen LogP contribution in [0, 0.1) is 11.3 Å². The minimum absolute atomic E-state index is 0.0346. The number of hydrogen-bond donors (Lipinski definition) is 0. The van der Waals surface area contributed by atoms with Gasteiger partial charge < -0.3 is 13.3 Å². The van der Waals surface area contributed by atoms with Crippen molar-refractivity contribution in [3.05, 3.63) is 0 Å². The molecule has 1 atom stereocenters. The molecule has 3 radical (unpaired) electrons. The van der Waals surface area contributed by atoms with Crippen molar-refractivity contribution in [3.8, 4) is 0 Å². The van der Waals surface area contributed by atoms with Crippen LogP contribution in [0.2, 0.25) is 6.04 Å². The molecule has 0 aromatic rings. The van der Waals surface area contributed by atoms with Gasteiger partial charge >= 0.3 is 8.80 Å². The highest BCUT2D eigenvalue weighted by atomic mass is 32.4. The van der Waals surface area contributed by atoms with E-state index in [-0.39, 0.29) is 10.9 Å². The Bertz CT molecular complexity index is 254. The molecule has 0 saturated carbocycles. The third-order valence-corrected chi connectivity index (χ3v) is 8.65. The summed E-state index contributed by atoms with van der Waals surface area (Å²) >= 11 is 0. The normalized spacial score (nSPS) is 16.8. The lowest BCUT2D eigenvalue weighted by Crippen LogP contribution is -2.51. The van der Waals surface area contributed by atoms with Crippen molar-refractivity contribution < 1.29 is 13.3 Å². The first-order valence-corrected chi connectivity index (χ1v) is 12.3. The molecule has 0 amide bonds. The summed E-state index contributed by atoms with van der Waals surface area (Å²) in [6, 6.07) is 0.842. The van der Waals surface area contributed by atoms with Gasteiger partial charge in [0.15, 0.2) is 0 Å². The molecule has 0 rings (SSSR count). The summed E-state index contributed by atoms with van der Waals surface area (Å²) in [5.41, 5.74) is 0.120. The fourth-order valence-electron chi connectivity index (χ4n) is 2.24. The highest BCUT2D eigenvalue weighted by Gasteiger charge is 2.46. The molecule has 3 nitrogen and oxygen atoms in total. The van der Waals surface area contributed by atoms with Gasteiger partial charge in [-0.3, -0.25) is 0 Å². The Morgan fingerprint density at radius 2 is 1.53 bits per heavy atom. The van der Waals surface area contributed by atoms with Gasteiger partial charge in [-0.15, -0.1) is 0 Å². The van der Waals surface area contributed by atoms with E-state index in [4.69, 9.17) is 13.3 Å². The van der Waals surface area contributed by atoms with Gasteiger partial charge in [0.1, 0.15) is 0 Å². The Morgan fingerprint density at radius 3 is 1.74 bits per heavy atom. The minimum atomic E-state index is -2.60. The molecule has 0 spiro atoms. The summed E-state index contributed by atoms with van der Waals surface area (Å²) in [5.74, 6) is 0.486. The van der Waals surface area contributed by atoms with Gasteiger partial charge in [0.05, 0.1) is 14.8 Å². The molecule has 0 aliphatic carbocycles. The molecule has 0 heterocycles. The predicted octanol–water partition coefficient (Wildman–Crippen LogP) is 3.41. The van der Waals surface area contributed by atoms with Crippen LogP contribution in [0.15, 0.2) is 0 Å². The lowest BCUT2D eigenvalue weighted by molar-refractivity contribution is 0.0448. The quantitative estimate of drug-likeness (QED) is 0.672. The smallest absolute Gasteiger partial charge is 0.377 e. The van der Waals surface area contributed by atoms with E-state index >= 15 is 0 Å². The average Bonchev–Trinajstić information content (AvgIpc) is 2.20. The zero-order chi connectivity index (χ0) is 15.5. The van der Waals surface area contributed by atoms with Crippen LogP contribution in [0.4, 0.5) is 0 Å². The summed E-state index contributed by atoms with van der Waals surface area (Å²) in [5, 5.41) is 0. The maximum atomic E-state index is 6.46.